The van der Waals surface area contributed by atoms with E-state index in [0.717, 1.165) is 5.56 Å². The van der Waals surface area contributed by atoms with Gasteiger partial charge in [0.2, 0.25) is 11.8 Å². The van der Waals surface area contributed by atoms with Gasteiger partial charge in [-0.05, 0) is 42.8 Å². The van der Waals surface area contributed by atoms with Crippen LogP contribution in [0.4, 0.5) is 11.4 Å². The zero-order valence-corrected chi connectivity index (χ0v) is 14.4. The molecule has 2 aromatic rings. The van der Waals surface area contributed by atoms with Crippen molar-refractivity contribution in [3.05, 3.63) is 57.0 Å². The van der Waals surface area contributed by atoms with E-state index in [4.69, 9.17) is 34.8 Å². The van der Waals surface area contributed by atoms with Gasteiger partial charge in [0.25, 0.3) is 0 Å². The first kappa shape index (κ1) is 17.6. The lowest BCUT2D eigenvalue weighted by atomic mass is 10.2. The zero-order valence-electron chi connectivity index (χ0n) is 12.1. The van der Waals surface area contributed by atoms with Gasteiger partial charge in [-0.15, -0.1) is 0 Å². The van der Waals surface area contributed by atoms with Gasteiger partial charge in [-0.2, -0.15) is 0 Å². The molecule has 0 bridgehead atoms. The number of carbonyl (C=O) groups excluding carboxylic acids is 2. The van der Waals surface area contributed by atoms with Gasteiger partial charge in [0.15, 0.2) is 0 Å². The average Bonchev–Trinajstić information content (AvgIpc) is 2.46. The van der Waals surface area contributed by atoms with Crippen LogP contribution < -0.4 is 10.6 Å². The summed E-state index contributed by atoms with van der Waals surface area (Å²) in [4.78, 5) is 23.9. The quantitative estimate of drug-likeness (QED) is 0.749. The molecular formula is C16H13Cl3N2O2. The van der Waals surface area contributed by atoms with Crippen molar-refractivity contribution in [2.75, 3.05) is 10.6 Å². The molecule has 4 nitrogen and oxygen atoms in total. The predicted octanol–water partition coefficient (Wildman–Crippen LogP) is 4.92. The van der Waals surface area contributed by atoms with Crippen molar-refractivity contribution in [3.8, 4) is 0 Å². The fourth-order valence-corrected chi connectivity index (χ4v) is 2.48. The van der Waals surface area contributed by atoms with Crippen molar-refractivity contribution in [1.29, 1.82) is 0 Å². The van der Waals surface area contributed by atoms with E-state index in [9.17, 15) is 9.59 Å². The first-order valence-electron chi connectivity index (χ1n) is 6.66. The van der Waals surface area contributed by atoms with Crippen LogP contribution in [0.25, 0.3) is 0 Å². The third kappa shape index (κ3) is 5.13. The Bertz CT molecular complexity index is 763. The number of halogens is 3. The van der Waals surface area contributed by atoms with Crippen LogP contribution in [0.3, 0.4) is 0 Å². The highest BCUT2D eigenvalue weighted by molar-refractivity contribution is 6.36. The van der Waals surface area contributed by atoms with Gasteiger partial charge in [0.05, 0.1) is 10.7 Å². The van der Waals surface area contributed by atoms with Crippen molar-refractivity contribution in [1.82, 2.24) is 0 Å². The number of aryl methyl sites for hydroxylation is 1. The highest BCUT2D eigenvalue weighted by atomic mass is 35.5. The molecule has 0 aliphatic carbocycles. The Labute approximate surface area is 148 Å². The topological polar surface area (TPSA) is 58.2 Å². The molecule has 0 atom stereocenters. The number of carbonyl (C=O) groups is 2. The second kappa shape index (κ2) is 7.68. The van der Waals surface area contributed by atoms with Crippen LogP contribution in [-0.4, -0.2) is 11.8 Å². The Morgan fingerprint density at radius 3 is 2.09 bits per heavy atom. The Morgan fingerprint density at radius 2 is 1.43 bits per heavy atom. The van der Waals surface area contributed by atoms with Crippen molar-refractivity contribution in [2.45, 2.75) is 13.3 Å². The van der Waals surface area contributed by atoms with Gasteiger partial charge in [-0.25, -0.2) is 0 Å². The average molecular weight is 372 g/mol. The second-order valence-electron chi connectivity index (χ2n) is 4.86. The van der Waals surface area contributed by atoms with Crippen LogP contribution in [-0.2, 0) is 9.59 Å². The molecule has 0 unspecified atom stereocenters. The minimum atomic E-state index is -0.480. The Morgan fingerprint density at radius 1 is 0.870 bits per heavy atom. The molecule has 0 saturated carbocycles. The molecule has 0 spiro atoms. The number of benzene rings is 2. The molecule has 0 aliphatic heterocycles. The molecule has 23 heavy (non-hydrogen) atoms. The van der Waals surface area contributed by atoms with Gasteiger partial charge in [-0.1, -0.05) is 40.9 Å². The van der Waals surface area contributed by atoms with E-state index in [1.54, 1.807) is 30.3 Å². The molecule has 2 aromatic carbocycles. The maximum Gasteiger partial charge on any atom is 0.233 e. The molecule has 0 saturated heterocycles. The summed E-state index contributed by atoms with van der Waals surface area (Å²) in [5, 5.41) is 6.48. The van der Waals surface area contributed by atoms with E-state index >= 15 is 0 Å². The standard InChI is InChI=1S/C16H13Cl3N2O2/c1-9-2-3-11(18)7-14(9)21-16(23)8-15(22)20-13-5-4-10(17)6-12(13)19/h2-7H,8H2,1H3,(H,20,22)(H,21,23). The fraction of sp³-hybridized carbons (Fsp3) is 0.125. The summed E-state index contributed by atoms with van der Waals surface area (Å²) in [6, 6.07) is 9.81. The minimum Gasteiger partial charge on any atom is -0.325 e. The van der Waals surface area contributed by atoms with E-state index in [1.807, 2.05) is 6.92 Å². The molecule has 0 aliphatic rings. The molecule has 0 aromatic heterocycles. The van der Waals surface area contributed by atoms with E-state index in [0.29, 0.717) is 26.4 Å². The summed E-state index contributed by atoms with van der Waals surface area (Å²) in [6.45, 7) is 1.83. The summed E-state index contributed by atoms with van der Waals surface area (Å²) in [5.74, 6) is -0.927. The van der Waals surface area contributed by atoms with Crippen LogP contribution in [0.2, 0.25) is 15.1 Å². The summed E-state index contributed by atoms with van der Waals surface area (Å²) in [7, 11) is 0. The summed E-state index contributed by atoms with van der Waals surface area (Å²) >= 11 is 17.6. The molecule has 0 radical (unpaired) electrons. The van der Waals surface area contributed by atoms with Crippen LogP contribution >= 0.6 is 34.8 Å². The van der Waals surface area contributed by atoms with Crippen molar-refractivity contribution < 1.29 is 9.59 Å². The van der Waals surface area contributed by atoms with E-state index < -0.39 is 11.8 Å². The van der Waals surface area contributed by atoms with Crippen LogP contribution in [0, 0.1) is 6.92 Å². The van der Waals surface area contributed by atoms with E-state index in [-0.39, 0.29) is 6.42 Å². The maximum absolute atomic E-state index is 11.9. The fourth-order valence-electron chi connectivity index (χ4n) is 1.85. The number of nitrogens with one attached hydrogen (secondary N) is 2. The van der Waals surface area contributed by atoms with Gasteiger partial charge in [0, 0.05) is 15.7 Å². The molecule has 120 valence electrons. The molecule has 0 fully saturated rings. The SMILES string of the molecule is Cc1ccc(Cl)cc1NC(=O)CC(=O)Nc1ccc(Cl)cc1Cl. The maximum atomic E-state index is 11.9. The number of amides is 2. The van der Waals surface area contributed by atoms with Gasteiger partial charge in [0.1, 0.15) is 6.42 Å². The third-order valence-electron chi connectivity index (χ3n) is 3.00. The number of anilines is 2. The van der Waals surface area contributed by atoms with Crippen LogP contribution in [0.5, 0.6) is 0 Å². The summed E-state index contributed by atoms with van der Waals surface area (Å²) in [6.07, 6.45) is -0.342. The van der Waals surface area contributed by atoms with Crippen molar-refractivity contribution >= 4 is 58.0 Å². The Hall–Kier alpha value is -1.75. The van der Waals surface area contributed by atoms with Gasteiger partial charge in [-0.3, -0.25) is 9.59 Å². The minimum absolute atomic E-state index is 0.303. The van der Waals surface area contributed by atoms with Crippen molar-refractivity contribution in [2.24, 2.45) is 0 Å². The van der Waals surface area contributed by atoms with Crippen molar-refractivity contribution in [3.63, 3.8) is 0 Å². The lowest BCUT2D eigenvalue weighted by Gasteiger charge is -2.10. The summed E-state index contributed by atoms with van der Waals surface area (Å²) < 4.78 is 0. The Balaban J connectivity index is 1.97. The molecule has 7 heteroatoms. The highest BCUT2D eigenvalue weighted by Gasteiger charge is 2.12. The highest BCUT2D eigenvalue weighted by Crippen LogP contribution is 2.25. The van der Waals surface area contributed by atoms with E-state index in [1.165, 1.54) is 6.07 Å². The smallest absolute Gasteiger partial charge is 0.233 e. The molecule has 2 N–H and O–H groups in total. The van der Waals surface area contributed by atoms with Gasteiger partial charge < -0.3 is 10.6 Å². The number of hydrogen-bond acceptors (Lipinski definition) is 2. The molecule has 2 amide bonds. The largest absolute Gasteiger partial charge is 0.325 e. The predicted molar refractivity (Wildman–Crippen MR) is 94.5 cm³/mol. The number of rotatable bonds is 4. The normalized spacial score (nSPS) is 10.3. The summed E-state index contributed by atoms with van der Waals surface area (Å²) in [5.41, 5.74) is 1.82. The molecule has 0 heterocycles. The third-order valence-corrected chi connectivity index (χ3v) is 3.78. The zero-order chi connectivity index (χ0) is 17.0. The lowest BCUT2D eigenvalue weighted by Crippen LogP contribution is -2.21. The first-order chi connectivity index (χ1) is 10.8. The molecular weight excluding hydrogens is 359 g/mol. The monoisotopic (exact) mass is 370 g/mol. The second-order valence-corrected chi connectivity index (χ2v) is 6.14. The van der Waals surface area contributed by atoms with Gasteiger partial charge >= 0.3 is 0 Å². The van der Waals surface area contributed by atoms with Crippen LogP contribution in [0.1, 0.15) is 12.0 Å². The Kier molecular flexibility index (Phi) is 5.88. The number of hydrogen-bond donors (Lipinski definition) is 2. The first-order valence-corrected chi connectivity index (χ1v) is 7.79. The molecule has 2 rings (SSSR count). The lowest BCUT2D eigenvalue weighted by molar-refractivity contribution is -0.123. The van der Waals surface area contributed by atoms with E-state index in [2.05, 4.69) is 10.6 Å². The van der Waals surface area contributed by atoms with Crippen LogP contribution in [0.15, 0.2) is 36.4 Å².